The molecule has 2 atom stereocenters. The second kappa shape index (κ2) is 4.88. The van der Waals surface area contributed by atoms with Gasteiger partial charge in [0.15, 0.2) is 0 Å². The summed E-state index contributed by atoms with van der Waals surface area (Å²) in [5.74, 6) is 1.40. The number of anilines is 1. The van der Waals surface area contributed by atoms with Crippen LogP contribution in [0.1, 0.15) is 31.2 Å². The number of rotatable bonds is 2. The van der Waals surface area contributed by atoms with Crippen molar-refractivity contribution in [3.8, 4) is 0 Å². The van der Waals surface area contributed by atoms with Crippen LogP contribution in [0.4, 0.5) is 5.69 Å². The first kappa shape index (κ1) is 11.5. The van der Waals surface area contributed by atoms with E-state index in [1.165, 1.54) is 31.5 Å². The first-order valence-electron chi connectivity index (χ1n) is 6.21. The lowest BCUT2D eigenvalue weighted by Gasteiger charge is -2.33. The SMILES string of the molecule is CC(c1cccc(N)c1)C1CCCN(C)C1. The lowest BCUT2D eigenvalue weighted by molar-refractivity contribution is 0.191. The zero-order chi connectivity index (χ0) is 11.5. The van der Waals surface area contributed by atoms with Crippen LogP contribution in [0.5, 0.6) is 0 Å². The van der Waals surface area contributed by atoms with E-state index in [9.17, 15) is 0 Å². The van der Waals surface area contributed by atoms with E-state index in [1.807, 2.05) is 6.07 Å². The van der Waals surface area contributed by atoms with Crippen LogP contribution >= 0.6 is 0 Å². The Morgan fingerprint density at radius 1 is 1.44 bits per heavy atom. The summed E-state index contributed by atoms with van der Waals surface area (Å²) in [4.78, 5) is 2.44. The molecule has 2 nitrogen and oxygen atoms in total. The van der Waals surface area contributed by atoms with Crippen molar-refractivity contribution < 1.29 is 0 Å². The minimum absolute atomic E-state index is 0.617. The third-order valence-corrected chi connectivity index (χ3v) is 3.80. The Balaban J connectivity index is 2.09. The third kappa shape index (κ3) is 2.56. The second-order valence-corrected chi connectivity index (χ2v) is 5.12. The molecule has 16 heavy (non-hydrogen) atoms. The van der Waals surface area contributed by atoms with E-state index in [2.05, 4.69) is 37.1 Å². The van der Waals surface area contributed by atoms with Crippen LogP contribution in [0.15, 0.2) is 24.3 Å². The standard InChI is InChI=1S/C14H22N2/c1-11(12-5-3-7-14(15)9-12)13-6-4-8-16(2)10-13/h3,5,7,9,11,13H,4,6,8,10,15H2,1-2H3. The number of piperidine rings is 1. The topological polar surface area (TPSA) is 29.3 Å². The molecule has 1 fully saturated rings. The van der Waals surface area contributed by atoms with Crippen LogP contribution in [0.25, 0.3) is 0 Å². The lowest BCUT2D eigenvalue weighted by Crippen LogP contribution is -2.34. The molecule has 0 radical (unpaired) electrons. The average Bonchev–Trinajstić information content (AvgIpc) is 2.28. The van der Waals surface area contributed by atoms with Gasteiger partial charge in [-0.3, -0.25) is 0 Å². The molecule has 2 unspecified atom stereocenters. The van der Waals surface area contributed by atoms with Gasteiger partial charge in [-0.1, -0.05) is 19.1 Å². The predicted molar refractivity (Wildman–Crippen MR) is 69.5 cm³/mol. The highest BCUT2D eigenvalue weighted by atomic mass is 15.1. The first-order chi connectivity index (χ1) is 7.66. The molecule has 0 spiro atoms. The van der Waals surface area contributed by atoms with Gasteiger partial charge in [0.1, 0.15) is 0 Å². The average molecular weight is 218 g/mol. The van der Waals surface area contributed by atoms with E-state index < -0.39 is 0 Å². The van der Waals surface area contributed by atoms with E-state index in [0.29, 0.717) is 5.92 Å². The smallest absolute Gasteiger partial charge is 0.0316 e. The summed E-state index contributed by atoms with van der Waals surface area (Å²) >= 11 is 0. The maximum absolute atomic E-state index is 5.84. The normalized spacial score (nSPS) is 24.2. The van der Waals surface area contributed by atoms with Crippen LogP contribution < -0.4 is 5.73 Å². The molecule has 0 amide bonds. The van der Waals surface area contributed by atoms with Gasteiger partial charge in [-0.2, -0.15) is 0 Å². The van der Waals surface area contributed by atoms with Crippen LogP contribution in [-0.4, -0.2) is 25.0 Å². The van der Waals surface area contributed by atoms with E-state index in [0.717, 1.165) is 11.6 Å². The Morgan fingerprint density at radius 3 is 2.94 bits per heavy atom. The minimum atomic E-state index is 0.617. The maximum atomic E-state index is 5.84. The summed E-state index contributed by atoms with van der Waals surface area (Å²) in [7, 11) is 2.22. The fraction of sp³-hybridized carbons (Fsp3) is 0.571. The maximum Gasteiger partial charge on any atom is 0.0316 e. The van der Waals surface area contributed by atoms with Gasteiger partial charge in [0.05, 0.1) is 0 Å². The van der Waals surface area contributed by atoms with Gasteiger partial charge < -0.3 is 10.6 Å². The highest BCUT2D eigenvalue weighted by Gasteiger charge is 2.23. The van der Waals surface area contributed by atoms with E-state index in [4.69, 9.17) is 5.73 Å². The van der Waals surface area contributed by atoms with Crippen molar-refractivity contribution >= 4 is 5.69 Å². The van der Waals surface area contributed by atoms with Gasteiger partial charge in [0.25, 0.3) is 0 Å². The van der Waals surface area contributed by atoms with Crippen molar-refractivity contribution in [2.45, 2.75) is 25.7 Å². The summed E-state index contributed by atoms with van der Waals surface area (Å²) in [6.07, 6.45) is 2.67. The Bertz CT molecular complexity index is 348. The monoisotopic (exact) mass is 218 g/mol. The van der Waals surface area contributed by atoms with Crippen LogP contribution in [0, 0.1) is 5.92 Å². The fourth-order valence-electron chi connectivity index (χ4n) is 2.73. The molecule has 2 heteroatoms. The number of benzene rings is 1. The Kier molecular flexibility index (Phi) is 3.49. The van der Waals surface area contributed by atoms with Crippen molar-refractivity contribution in [2.24, 2.45) is 5.92 Å². The zero-order valence-electron chi connectivity index (χ0n) is 10.3. The van der Waals surface area contributed by atoms with Gasteiger partial charge in [-0.25, -0.2) is 0 Å². The van der Waals surface area contributed by atoms with Crippen molar-refractivity contribution in [1.82, 2.24) is 4.90 Å². The van der Waals surface area contributed by atoms with Crippen molar-refractivity contribution in [3.05, 3.63) is 29.8 Å². The summed E-state index contributed by atoms with van der Waals surface area (Å²) in [5, 5.41) is 0. The Labute approximate surface area is 98.4 Å². The van der Waals surface area contributed by atoms with Crippen molar-refractivity contribution in [1.29, 1.82) is 0 Å². The fourth-order valence-corrected chi connectivity index (χ4v) is 2.73. The van der Waals surface area contributed by atoms with Crippen molar-refractivity contribution in [2.75, 3.05) is 25.9 Å². The van der Waals surface area contributed by atoms with Gasteiger partial charge >= 0.3 is 0 Å². The lowest BCUT2D eigenvalue weighted by atomic mass is 9.82. The molecular formula is C14H22N2. The predicted octanol–water partition coefficient (Wildman–Crippen LogP) is 2.71. The zero-order valence-corrected chi connectivity index (χ0v) is 10.3. The molecule has 2 N–H and O–H groups in total. The van der Waals surface area contributed by atoms with Gasteiger partial charge in [0, 0.05) is 12.2 Å². The number of nitrogens with zero attached hydrogens (tertiary/aromatic N) is 1. The highest BCUT2D eigenvalue weighted by molar-refractivity contribution is 5.41. The van der Waals surface area contributed by atoms with Crippen LogP contribution in [-0.2, 0) is 0 Å². The van der Waals surface area contributed by atoms with Crippen LogP contribution in [0.3, 0.4) is 0 Å². The molecule has 1 aliphatic heterocycles. The molecule has 1 aromatic carbocycles. The summed E-state index contributed by atoms with van der Waals surface area (Å²) in [5.41, 5.74) is 8.11. The van der Waals surface area contributed by atoms with Crippen molar-refractivity contribution in [3.63, 3.8) is 0 Å². The molecule has 1 saturated heterocycles. The third-order valence-electron chi connectivity index (χ3n) is 3.80. The number of nitrogens with two attached hydrogens (primary N) is 1. The largest absolute Gasteiger partial charge is 0.399 e. The molecule has 0 aliphatic carbocycles. The van der Waals surface area contributed by atoms with E-state index >= 15 is 0 Å². The minimum Gasteiger partial charge on any atom is -0.399 e. The summed E-state index contributed by atoms with van der Waals surface area (Å²) < 4.78 is 0. The number of nitrogen functional groups attached to an aromatic ring is 1. The molecule has 1 aromatic rings. The quantitative estimate of drug-likeness (QED) is 0.773. The first-order valence-corrected chi connectivity index (χ1v) is 6.21. The molecule has 0 aromatic heterocycles. The van der Waals surface area contributed by atoms with Gasteiger partial charge in [-0.15, -0.1) is 0 Å². The highest BCUT2D eigenvalue weighted by Crippen LogP contribution is 2.31. The van der Waals surface area contributed by atoms with Gasteiger partial charge in [-0.05, 0) is 56.0 Å². The van der Waals surface area contributed by atoms with E-state index in [-0.39, 0.29) is 0 Å². The second-order valence-electron chi connectivity index (χ2n) is 5.12. The molecular weight excluding hydrogens is 196 g/mol. The van der Waals surface area contributed by atoms with Gasteiger partial charge in [0.2, 0.25) is 0 Å². The number of hydrogen-bond acceptors (Lipinski definition) is 2. The van der Waals surface area contributed by atoms with E-state index in [1.54, 1.807) is 0 Å². The molecule has 1 heterocycles. The molecule has 1 aliphatic rings. The summed E-state index contributed by atoms with van der Waals surface area (Å²) in [6.45, 7) is 4.80. The molecule has 88 valence electrons. The molecule has 2 rings (SSSR count). The number of likely N-dealkylation sites (tertiary alicyclic amines) is 1. The molecule has 0 saturated carbocycles. The molecule has 0 bridgehead atoms. The Hall–Kier alpha value is -1.02. The summed E-state index contributed by atoms with van der Waals surface area (Å²) in [6, 6.07) is 8.35. The van der Waals surface area contributed by atoms with Crippen LogP contribution in [0.2, 0.25) is 0 Å². The Morgan fingerprint density at radius 2 is 2.25 bits per heavy atom. The number of hydrogen-bond donors (Lipinski definition) is 1.